The van der Waals surface area contributed by atoms with Crippen molar-refractivity contribution in [3.05, 3.63) is 10.5 Å². The molecule has 1 aliphatic rings. The molecule has 0 fully saturated rings. The van der Waals surface area contributed by atoms with Gasteiger partial charge >= 0.3 is 5.97 Å². The van der Waals surface area contributed by atoms with Gasteiger partial charge in [-0.05, 0) is 23.8 Å². The first-order chi connectivity index (χ1) is 5.24. The highest BCUT2D eigenvalue weighted by Gasteiger charge is 2.14. The van der Waals surface area contributed by atoms with Crippen LogP contribution in [0.2, 0.25) is 0 Å². The van der Waals surface area contributed by atoms with Crippen molar-refractivity contribution in [2.45, 2.75) is 19.8 Å². The SMILES string of the molecule is COC(=O)CC1=C(C)SCC1. The van der Waals surface area contributed by atoms with Crippen molar-refractivity contribution in [2.24, 2.45) is 0 Å². The normalized spacial score (nSPS) is 17.3. The summed E-state index contributed by atoms with van der Waals surface area (Å²) in [4.78, 5) is 12.1. The first kappa shape index (κ1) is 8.65. The number of esters is 1. The Hall–Kier alpha value is -0.440. The minimum absolute atomic E-state index is 0.123. The Morgan fingerprint density at radius 1 is 1.73 bits per heavy atom. The summed E-state index contributed by atoms with van der Waals surface area (Å²) >= 11 is 1.83. The molecule has 2 nitrogen and oxygen atoms in total. The van der Waals surface area contributed by atoms with E-state index in [1.54, 1.807) is 0 Å². The summed E-state index contributed by atoms with van der Waals surface area (Å²) in [6.07, 6.45) is 1.53. The molecule has 0 saturated heterocycles. The van der Waals surface area contributed by atoms with Crippen LogP contribution in [-0.4, -0.2) is 18.8 Å². The van der Waals surface area contributed by atoms with Crippen LogP contribution in [0.4, 0.5) is 0 Å². The molecule has 0 aromatic carbocycles. The lowest BCUT2D eigenvalue weighted by Crippen LogP contribution is -2.01. The van der Waals surface area contributed by atoms with E-state index in [9.17, 15) is 4.79 Å². The van der Waals surface area contributed by atoms with Gasteiger partial charge < -0.3 is 4.74 Å². The Kier molecular flexibility index (Phi) is 3.00. The van der Waals surface area contributed by atoms with Crippen LogP contribution in [0.1, 0.15) is 19.8 Å². The van der Waals surface area contributed by atoms with Gasteiger partial charge in [0.1, 0.15) is 0 Å². The molecule has 0 saturated carbocycles. The predicted molar refractivity (Wildman–Crippen MR) is 46.4 cm³/mol. The molecule has 11 heavy (non-hydrogen) atoms. The Bertz CT molecular complexity index is 196. The van der Waals surface area contributed by atoms with Gasteiger partial charge in [0.15, 0.2) is 0 Å². The smallest absolute Gasteiger partial charge is 0.309 e. The highest BCUT2D eigenvalue weighted by atomic mass is 32.2. The second-order valence-corrected chi connectivity index (χ2v) is 3.82. The first-order valence-electron chi connectivity index (χ1n) is 3.62. The summed E-state index contributed by atoms with van der Waals surface area (Å²) in [5.41, 5.74) is 1.25. The largest absolute Gasteiger partial charge is 0.469 e. The lowest BCUT2D eigenvalue weighted by atomic mass is 10.1. The van der Waals surface area contributed by atoms with E-state index in [1.807, 2.05) is 11.8 Å². The van der Waals surface area contributed by atoms with E-state index >= 15 is 0 Å². The molecule has 1 aliphatic heterocycles. The zero-order valence-electron chi connectivity index (χ0n) is 6.85. The van der Waals surface area contributed by atoms with Gasteiger partial charge in [0.2, 0.25) is 0 Å². The first-order valence-corrected chi connectivity index (χ1v) is 4.61. The Labute approximate surface area is 71.0 Å². The molecule has 0 aromatic heterocycles. The van der Waals surface area contributed by atoms with Crippen molar-refractivity contribution >= 4 is 17.7 Å². The van der Waals surface area contributed by atoms with E-state index in [4.69, 9.17) is 0 Å². The van der Waals surface area contributed by atoms with Crippen molar-refractivity contribution < 1.29 is 9.53 Å². The Morgan fingerprint density at radius 3 is 2.91 bits per heavy atom. The van der Waals surface area contributed by atoms with Gasteiger partial charge in [-0.3, -0.25) is 4.79 Å². The number of allylic oxidation sites excluding steroid dienone is 1. The van der Waals surface area contributed by atoms with Crippen molar-refractivity contribution in [3.8, 4) is 0 Å². The Morgan fingerprint density at radius 2 is 2.45 bits per heavy atom. The molecule has 0 aromatic rings. The molecular formula is C8H12O2S. The topological polar surface area (TPSA) is 26.3 Å². The summed E-state index contributed by atoms with van der Waals surface area (Å²) in [5.74, 6) is 1.000. The lowest BCUT2D eigenvalue weighted by molar-refractivity contribution is -0.139. The second-order valence-electron chi connectivity index (χ2n) is 2.51. The van der Waals surface area contributed by atoms with E-state index in [1.165, 1.54) is 17.6 Å². The summed E-state index contributed by atoms with van der Waals surface area (Å²) in [6.45, 7) is 2.07. The van der Waals surface area contributed by atoms with Crippen molar-refractivity contribution in [1.82, 2.24) is 0 Å². The van der Waals surface area contributed by atoms with E-state index in [2.05, 4.69) is 11.7 Å². The summed E-state index contributed by atoms with van der Waals surface area (Å²) in [6, 6.07) is 0. The number of hydrogen-bond donors (Lipinski definition) is 0. The highest BCUT2D eigenvalue weighted by Crippen LogP contribution is 2.32. The number of thioether (sulfide) groups is 1. The van der Waals surface area contributed by atoms with Crippen molar-refractivity contribution in [3.63, 3.8) is 0 Å². The molecular weight excluding hydrogens is 160 g/mol. The molecule has 1 rings (SSSR count). The second kappa shape index (κ2) is 3.81. The van der Waals surface area contributed by atoms with Crippen LogP contribution in [0.15, 0.2) is 10.5 Å². The van der Waals surface area contributed by atoms with Gasteiger partial charge in [0.25, 0.3) is 0 Å². The molecule has 0 unspecified atom stereocenters. The third kappa shape index (κ3) is 2.26. The van der Waals surface area contributed by atoms with Crippen LogP contribution in [-0.2, 0) is 9.53 Å². The zero-order valence-corrected chi connectivity index (χ0v) is 7.66. The van der Waals surface area contributed by atoms with Gasteiger partial charge in [-0.2, -0.15) is 0 Å². The van der Waals surface area contributed by atoms with Crippen LogP contribution in [0, 0.1) is 0 Å². The van der Waals surface area contributed by atoms with Gasteiger partial charge in [0, 0.05) is 5.75 Å². The molecule has 0 aliphatic carbocycles. The molecule has 0 amide bonds. The number of carbonyl (C=O) groups excluding carboxylic acids is 1. The fourth-order valence-corrected chi connectivity index (χ4v) is 2.10. The van der Waals surface area contributed by atoms with Crippen LogP contribution in [0.5, 0.6) is 0 Å². The maximum Gasteiger partial charge on any atom is 0.309 e. The van der Waals surface area contributed by atoms with E-state index in [0.717, 1.165) is 12.2 Å². The van der Waals surface area contributed by atoms with Gasteiger partial charge in [-0.25, -0.2) is 0 Å². The molecule has 1 heterocycles. The fraction of sp³-hybridized carbons (Fsp3) is 0.625. The molecule has 0 bridgehead atoms. The molecule has 62 valence electrons. The van der Waals surface area contributed by atoms with Crippen LogP contribution >= 0.6 is 11.8 Å². The maximum absolute atomic E-state index is 10.8. The molecule has 0 atom stereocenters. The quantitative estimate of drug-likeness (QED) is 0.596. The Balaban J connectivity index is 2.48. The number of ether oxygens (including phenoxy) is 1. The minimum atomic E-state index is -0.123. The van der Waals surface area contributed by atoms with E-state index in [0.29, 0.717) is 6.42 Å². The van der Waals surface area contributed by atoms with Gasteiger partial charge in [-0.1, -0.05) is 0 Å². The third-order valence-corrected chi connectivity index (χ3v) is 2.94. The monoisotopic (exact) mass is 172 g/mol. The predicted octanol–water partition coefficient (Wildman–Crippen LogP) is 1.96. The van der Waals surface area contributed by atoms with Crippen LogP contribution < -0.4 is 0 Å². The van der Waals surface area contributed by atoms with Crippen molar-refractivity contribution in [2.75, 3.05) is 12.9 Å². The molecule has 3 heteroatoms. The minimum Gasteiger partial charge on any atom is -0.469 e. The van der Waals surface area contributed by atoms with Gasteiger partial charge in [0.05, 0.1) is 13.5 Å². The number of hydrogen-bond acceptors (Lipinski definition) is 3. The van der Waals surface area contributed by atoms with Crippen LogP contribution in [0.25, 0.3) is 0 Å². The molecule has 0 spiro atoms. The number of methoxy groups -OCH3 is 1. The maximum atomic E-state index is 10.8. The third-order valence-electron chi connectivity index (χ3n) is 1.81. The standard InChI is InChI=1S/C8H12O2S/c1-6-7(3-4-11-6)5-8(9)10-2/h3-5H2,1-2H3. The number of carbonyl (C=O) groups is 1. The average molecular weight is 172 g/mol. The molecule has 0 radical (unpaired) electrons. The summed E-state index contributed by atoms with van der Waals surface area (Å²) in [5, 5.41) is 0. The van der Waals surface area contributed by atoms with Crippen molar-refractivity contribution in [1.29, 1.82) is 0 Å². The van der Waals surface area contributed by atoms with Gasteiger partial charge in [-0.15, -0.1) is 11.8 Å². The summed E-state index contributed by atoms with van der Waals surface area (Å²) in [7, 11) is 1.43. The number of rotatable bonds is 2. The molecule has 0 N–H and O–H groups in total. The fourth-order valence-electron chi connectivity index (χ4n) is 1.06. The highest BCUT2D eigenvalue weighted by molar-refractivity contribution is 8.03. The summed E-state index contributed by atoms with van der Waals surface area (Å²) < 4.78 is 4.58. The average Bonchev–Trinajstić information content (AvgIpc) is 2.37. The van der Waals surface area contributed by atoms with E-state index in [-0.39, 0.29) is 5.97 Å². The lowest BCUT2D eigenvalue weighted by Gasteiger charge is -2.00. The zero-order chi connectivity index (χ0) is 8.27. The van der Waals surface area contributed by atoms with Crippen LogP contribution in [0.3, 0.4) is 0 Å². The van der Waals surface area contributed by atoms with E-state index < -0.39 is 0 Å².